The molecule has 0 spiro atoms. The Labute approximate surface area is 110 Å². The maximum atomic E-state index is 13.5. The highest BCUT2D eigenvalue weighted by Crippen LogP contribution is 2.25. The fraction of sp³-hybridized carbons (Fsp3) is 0.273. The van der Waals surface area contributed by atoms with Crippen LogP contribution in [-0.4, -0.2) is 29.8 Å². The van der Waals surface area contributed by atoms with Gasteiger partial charge in [0.05, 0.1) is 16.6 Å². The van der Waals surface area contributed by atoms with Crippen molar-refractivity contribution in [3.8, 4) is 0 Å². The zero-order chi connectivity index (χ0) is 13.4. The van der Waals surface area contributed by atoms with E-state index in [1.54, 1.807) is 0 Å². The highest BCUT2D eigenvalue weighted by atomic mass is 79.9. The van der Waals surface area contributed by atoms with E-state index in [1.165, 1.54) is 13.1 Å². The predicted molar refractivity (Wildman–Crippen MR) is 63.9 cm³/mol. The van der Waals surface area contributed by atoms with Gasteiger partial charge in [-0.1, -0.05) is 0 Å². The molecule has 96 valence electrons. The minimum Gasteiger partial charge on any atom is -0.371 e. The Morgan fingerprint density at radius 1 is 1.33 bits per heavy atom. The normalized spacial score (nSPS) is 19.6. The maximum absolute atomic E-state index is 13.5. The number of rotatable bonds is 2. The molecule has 1 fully saturated rings. The molecule has 1 aromatic carbocycles. The van der Waals surface area contributed by atoms with Crippen LogP contribution in [0.2, 0.25) is 0 Å². The Kier molecular flexibility index (Phi) is 3.34. The largest absolute Gasteiger partial charge is 0.371 e. The fourth-order valence-electron chi connectivity index (χ4n) is 1.69. The number of carbonyl (C=O) groups is 2. The van der Waals surface area contributed by atoms with Crippen molar-refractivity contribution < 1.29 is 18.4 Å². The lowest BCUT2D eigenvalue weighted by atomic mass is 10.2. The van der Waals surface area contributed by atoms with E-state index in [9.17, 15) is 18.4 Å². The summed E-state index contributed by atoms with van der Waals surface area (Å²) < 4.78 is 26.6. The molecule has 1 atom stereocenters. The molecule has 2 rings (SSSR count). The van der Waals surface area contributed by atoms with Crippen LogP contribution in [0.3, 0.4) is 0 Å². The molecule has 1 aliphatic heterocycles. The number of likely N-dealkylation sites (tertiary alicyclic amines) is 1. The summed E-state index contributed by atoms with van der Waals surface area (Å²) in [5.74, 6) is -2.31. The standard InChI is InChI=1S/C11H9BrF2N2O2/c1-16-10(17)4-9(11(16)18)15-8-2-5(12)6(13)3-7(8)14/h2-3,9,15H,4H2,1H3. The summed E-state index contributed by atoms with van der Waals surface area (Å²) in [6.07, 6.45) is -0.0379. The highest BCUT2D eigenvalue weighted by molar-refractivity contribution is 9.10. The summed E-state index contributed by atoms with van der Waals surface area (Å²) in [7, 11) is 1.36. The first-order valence-electron chi connectivity index (χ1n) is 5.11. The Morgan fingerprint density at radius 2 is 2.00 bits per heavy atom. The summed E-state index contributed by atoms with van der Waals surface area (Å²) in [5, 5.41) is 2.60. The van der Waals surface area contributed by atoms with E-state index in [4.69, 9.17) is 0 Å². The Morgan fingerprint density at radius 3 is 2.56 bits per heavy atom. The number of amides is 2. The molecule has 2 amide bonds. The van der Waals surface area contributed by atoms with Crippen molar-refractivity contribution in [1.82, 2.24) is 4.90 Å². The number of imide groups is 1. The molecule has 0 aliphatic carbocycles. The number of halogens is 3. The van der Waals surface area contributed by atoms with E-state index in [1.807, 2.05) is 0 Å². The molecule has 1 saturated heterocycles. The zero-order valence-corrected chi connectivity index (χ0v) is 10.9. The first kappa shape index (κ1) is 12.9. The van der Waals surface area contributed by atoms with Gasteiger partial charge in [0.25, 0.3) is 5.91 Å². The zero-order valence-electron chi connectivity index (χ0n) is 9.34. The number of anilines is 1. The van der Waals surface area contributed by atoms with Crippen molar-refractivity contribution in [3.63, 3.8) is 0 Å². The summed E-state index contributed by atoms with van der Waals surface area (Å²) >= 11 is 2.92. The molecular weight excluding hydrogens is 310 g/mol. The quantitative estimate of drug-likeness (QED) is 0.669. The number of likely N-dealkylation sites (N-methyl/N-ethyl adjacent to an activating group) is 1. The summed E-state index contributed by atoms with van der Waals surface area (Å²) in [6.45, 7) is 0. The van der Waals surface area contributed by atoms with Crippen LogP contribution in [0.1, 0.15) is 6.42 Å². The molecule has 1 heterocycles. The van der Waals surface area contributed by atoms with Gasteiger partial charge in [-0.2, -0.15) is 0 Å². The van der Waals surface area contributed by atoms with E-state index in [-0.39, 0.29) is 22.5 Å². The van der Waals surface area contributed by atoms with Gasteiger partial charge in [0, 0.05) is 13.1 Å². The molecule has 18 heavy (non-hydrogen) atoms. The highest BCUT2D eigenvalue weighted by Gasteiger charge is 2.36. The van der Waals surface area contributed by atoms with Gasteiger partial charge >= 0.3 is 0 Å². The van der Waals surface area contributed by atoms with Crippen LogP contribution in [0, 0.1) is 11.6 Å². The van der Waals surface area contributed by atoms with Gasteiger partial charge in [0.2, 0.25) is 5.91 Å². The van der Waals surface area contributed by atoms with E-state index in [2.05, 4.69) is 21.2 Å². The van der Waals surface area contributed by atoms with Gasteiger partial charge in [-0.05, 0) is 22.0 Å². The average Bonchev–Trinajstić information content (AvgIpc) is 2.54. The average molecular weight is 319 g/mol. The van der Waals surface area contributed by atoms with Crippen LogP contribution >= 0.6 is 15.9 Å². The van der Waals surface area contributed by atoms with E-state index in [0.717, 1.165) is 4.90 Å². The second-order valence-electron chi connectivity index (χ2n) is 3.94. The number of benzene rings is 1. The smallest absolute Gasteiger partial charge is 0.251 e. The molecule has 0 radical (unpaired) electrons. The molecule has 4 nitrogen and oxygen atoms in total. The molecule has 1 N–H and O–H groups in total. The molecule has 0 aromatic heterocycles. The van der Waals surface area contributed by atoms with Crippen LogP contribution in [0.25, 0.3) is 0 Å². The van der Waals surface area contributed by atoms with Gasteiger partial charge in [-0.25, -0.2) is 8.78 Å². The number of hydrogen-bond acceptors (Lipinski definition) is 3. The molecular formula is C11H9BrF2N2O2. The second kappa shape index (κ2) is 4.64. The number of nitrogens with zero attached hydrogens (tertiary/aromatic N) is 1. The third-order valence-corrected chi connectivity index (χ3v) is 3.33. The van der Waals surface area contributed by atoms with Gasteiger partial charge in [-0.3, -0.25) is 14.5 Å². The Bertz CT molecular complexity index is 536. The monoisotopic (exact) mass is 318 g/mol. The lowest BCUT2D eigenvalue weighted by Gasteiger charge is -2.13. The van der Waals surface area contributed by atoms with E-state index in [0.29, 0.717) is 6.07 Å². The van der Waals surface area contributed by atoms with Crippen LogP contribution in [0.15, 0.2) is 16.6 Å². The second-order valence-corrected chi connectivity index (χ2v) is 4.79. The third kappa shape index (κ3) is 2.22. The van der Waals surface area contributed by atoms with Crippen LogP contribution < -0.4 is 5.32 Å². The van der Waals surface area contributed by atoms with Crippen molar-refractivity contribution in [1.29, 1.82) is 0 Å². The summed E-state index contributed by atoms with van der Waals surface area (Å²) in [4.78, 5) is 23.9. The number of carbonyl (C=O) groups excluding carboxylic acids is 2. The fourth-order valence-corrected chi connectivity index (χ4v) is 2.03. The first-order valence-corrected chi connectivity index (χ1v) is 5.91. The van der Waals surface area contributed by atoms with E-state index < -0.39 is 23.6 Å². The van der Waals surface area contributed by atoms with Gasteiger partial charge in [0.15, 0.2) is 0 Å². The Balaban J connectivity index is 2.23. The molecule has 1 aromatic rings. The van der Waals surface area contributed by atoms with Crippen molar-refractivity contribution >= 4 is 33.4 Å². The topological polar surface area (TPSA) is 49.4 Å². The molecule has 0 bridgehead atoms. The third-order valence-electron chi connectivity index (χ3n) is 2.72. The van der Waals surface area contributed by atoms with Crippen molar-refractivity contribution in [2.75, 3.05) is 12.4 Å². The van der Waals surface area contributed by atoms with Gasteiger partial charge in [-0.15, -0.1) is 0 Å². The van der Waals surface area contributed by atoms with Crippen LogP contribution in [0.4, 0.5) is 14.5 Å². The lowest BCUT2D eigenvalue weighted by molar-refractivity contribution is -0.136. The predicted octanol–water partition coefficient (Wildman–Crippen LogP) is 1.90. The van der Waals surface area contributed by atoms with Crippen LogP contribution in [-0.2, 0) is 9.59 Å². The maximum Gasteiger partial charge on any atom is 0.251 e. The minimum atomic E-state index is -0.814. The summed E-state index contributed by atoms with van der Waals surface area (Å²) in [5.41, 5.74) is -0.0234. The van der Waals surface area contributed by atoms with Gasteiger partial charge in [0.1, 0.15) is 17.7 Å². The molecule has 7 heteroatoms. The Hall–Kier alpha value is -1.50. The molecule has 1 aliphatic rings. The summed E-state index contributed by atoms with van der Waals surface area (Å²) in [6, 6.07) is 1.09. The number of hydrogen-bond donors (Lipinski definition) is 1. The minimum absolute atomic E-state index is 0.0234. The van der Waals surface area contributed by atoms with Gasteiger partial charge < -0.3 is 5.32 Å². The van der Waals surface area contributed by atoms with Crippen molar-refractivity contribution in [3.05, 3.63) is 28.2 Å². The lowest BCUT2D eigenvalue weighted by Crippen LogP contribution is -2.32. The SMILES string of the molecule is CN1C(=O)CC(Nc2cc(Br)c(F)cc2F)C1=O. The molecule has 0 saturated carbocycles. The number of nitrogens with one attached hydrogen (secondary N) is 1. The van der Waals surface area contributed by atoms with E-state index >= 15 is 0 Å². The van der Waals surface area contributed by atoms with Crippen molar-refractivity contribution in [2.24, 2.45) is 0 Å². The van der Waals surface area contributed by atoms with Crippen LogP contribution in [0.5, 0.6) is 0 Å². The van der Waals surface area contributed by atoms with Crippen molar-refractivity contribution in [2.45, 2.75) is 12.5 Å². The first-order chi connectivity index (χ1) is 8.40. The molecule has 1 unspecified atom stereocenters.